The molecule has 1 unspecified atom stereocenters. The SMILES string of the molecule is O=c1[nH]nc(C2CCCN(S(=O)(=O)c3ccc4ccccc4c3)C2)[nH]1. The molecule has 8 heteroatoms. The van der Waals surface area contributed by atoms with Crippen molar-refractivity contribution in [1.29, 1.82) is 0 Å². The fraction of sp³-hybridized carbons (Fsp3) is 0.294. The van der Waals surface area contributed by atoms with E-state index in [0.29, 0.717) is 23.8 Å². The largest absolute Gasteiger partial charge is 0.340 e. The Balaban J connectivity index is 1.65. The van der Waals surface area contributed by atoms with Gasteiger partial charge in [0.1, 0.15) is 5.82 Å². The first-order valence-electron chi connectivity index (χ1n) is 8.17. The highest BCUT2D eigenvalue weighted by Gasteiger charge is 2.32. The zero-order valence-electron chi connectivity index (χ0n) is 13.5. The van der Waals surface area contributed by atoms with Gasteiger partial charge < -0.3 is 0 Å². The second-order valence-corrected chi connectivity index (χ2v) is 8.21. The molecule has 4 rings (SSSR count). The van der Waals surface area contributed by atoms with Crippen molar-refractivity contribution < 1.29 is 8.42 Å². The van der Waals surface area contributed by atoms with Crippen LogP contribution in [0.15, 0.2) is 52.2 Å². The van der Waals surface area contributed by atoms with E-state index in [2.05, 4.69) is 15.2 Å². The Hall–Kier alpha value is -2.45. The highest BCUT2D eigenvalue weighted by atomic mass is 32.2. The molecule has 1 aliphatic rings. The first-order chi connectivity index (χ1) is 12.0. The number of hydrogen-bond acceptors (Lipinski definition) is 4. The number of piperidine rings is 1. The van der Waals surface area contributed by atoms with Gasteiger partial charge >= 0.3 is 5.69 Å². The number of H-pyrrole nitrogens is 2. The van der Waals surface area contributed by atoms with Crippen molar-refractivity contribution in [2.45, 2.75) is 23.7 Å². The normalized spacial score (nSPS) is 19.3. The summed E-state index contributed by atoms with van der Waals surface area (Å²) in [6, 6.07) is 12.9. The maximum atomic E-state index is 13.0. The quantitative estimate of drug-likeness (QED) is 0.746. The van der Waals surface area contributed by atoms with Crippen LogP contribution in [0.2, 0.25) is 0 Å². The van der Waals surface area contributed by atoms with Gasteiger partial charge in [-0.15, -0.1) is 0 Å². The molecular weight excluding hydrogens is 340 g/mol. The van der Waals surface area contributed by atoms with Crippen LogP contribution < -0.4 is 5.69 Å². The van der Waals surface area contributed by atoms with Gasteiger partial charge in [0.15, 0.2) is 0 Å². The van der Waals surface area contributed by atoms with E-state index in [1.165, 1.54) is 4.31 Å². The molecule has 0 bridgehead atoms. The van der Waals surface area contributed by atoms with E-state index in [-0.39, 0.29) is 11.6 Å². The summed E-state index contributed by atoms with van der Waals surface area (Å²) in [7, 11) is -3.58. The van der Waals surface area contributed by atoms with Crippen molar-refractivity contribution in [3.8, 4) is 0 Å². The molecule has 0 aliphatic carbocycles. The maximum Gasteiger partial charge on any atom is 0.340 e. The highest BCUT2D eigenvalue weighted by molar-refractivity contribution is 7.89. The van der Waals surface area contributed by atoms with Crippen LogP contribution in [0.5, 0.6) is 0 Å². The molecule has 2 N–H and O–H groups in total. The number of aromatic nitrogens is 3. The minimum Gasteiger partial charge on any atom is -0.293 e. The Morgan fingerprint density at radius 2 is 1.92 bits per heavy atom. The molecule has 130 valence electrons. The second kappa shape index (κ2) is 6.12. The number of nitrogens with one attached hydrogen (secondary N) is 2. The third kappa shape index (κ3) is 2.98. The first-order valence-corrected chi connectivity index (χ1v) is 9.61. The number of fused-ring (bicyclic) bond motifs is 1. The van der Waals surface area contributed by atoms with Crippen LogP contribution in [0.3, 0.4) is 0 Å². The van der Waals surface area contributed by atoms with E-state index in [1.807, 2.05) is 30.3 Å². The molecule has 0 radical (unpaired) electrons. The number of sulfonamides is 1. The Morgan fingerprint density at radius 1 is 1.12 bits per heavy atom. The lowest BCUT2D eigenvalue weighted by Crippen LogP contribution is -2.39. The van der Waals surface area contributed by atoms with E-state index < -0.39 is 10.0 Å². The number of nitrogens with zero attached hydrogens (tertiary/aromatic N) is 2. The van der Waals surface area contributed by atoms with Crippen LogP contribution in [0.4, 0.5) is 0 Å². The lowest BCUT2D eigenvalue weighted by molar-refractivity contribution is 0.309. The van der Waals surface area contributed by atoms with E-state index in [0.717, 1.165) is 23.6 Å². The Kier molecular flexibility index (Phi) is 3.93. The van der Waals surface area contributed by atoms with Gasteiger partial charge in [-0.05, 0) is 35.7 Å². The van der Waals surface area contributed by atoms with E-state index in [9.17, 15) is 13.2 Å². The number of rotatable bonds is 3. The third-order valence-corrected chi connectivity index (χ3v) is 6.51. The molecule has 1 saturated heterocycles. The van der Waals surface area contributed by atoms with Crippen LogP contribution in [0.1, 0.15) is 24.6 Å². The Morgan fingerprint density at radius 3 is 2.68 bits per heavy atom. The van der Waals surface area contributed by atoms with Gasteiger partial charge in [0.05, 0.1) is 4.90 Å². The van der Waals surface area contributed by atoms with Crippen molar-refractivity contribution in [3.63, 3.8) is 0 Å². The summed E-state index contributed by atoms with van der Waals surface area (Å²) in [5, 5.41) is 8.20. The zero-order valence-corrected chi connectivity index (χ0v) is 14.3. The van der Waals surface area contributed by atoms with Gasteiger partial charge in [0, 0.05) is 19.0 Å². The minimum absolute atomic E-state index is 0.108. The molecule has 1 atom stereocenters. The first kappa shape index (κ1) is 16.0. The average molecular weight is 358 g/mol. The average Bonchev–Trinajstić information content (AvgIpc) is 3.08. The summed E-state index contributed by atoms with van der Waals surface area (Å²) in [6.07, 6.45) is 1.52. The molecule has 1 fully saturated rings. The summed E-state index contributed by atoms with van der Waals surface area (Å²) >= 11 is 0. The standard InChI is InChI=1S/C17H18N4O3S/c22-17-18-16(19-20-17)14-6-3-9-21(11-14)25(23,24)15-8-7-12-4-1-2-5-13(12)10-15/h1-2,4-5,7-8,10,14H,3,6,9,11H2,(H2,18,19,20,22). The van der Waals surface area contributed by atoms with Crippen LogP contribution in [0, 0.1) is 0 Å². The smallest absolute Gasteiger partial charge is 0.293 e. The predicted molar refractivity (Wildman–Crippen MR) is 93.9 cm³/mol. The summed E-state index contributed by atoms with van der Waals surface area (Å²) in [6.45, 7) is 0.788. The minimum atomic E-state index is -3.58. The number of aromatic amines is 2. The molecule has 1 aliphatic heterocycles. The van der Waals surface area contributed by atoms with Crippen LogP contribution in [-0.4, -0.2) is 41.0 Å². The number of benzene rings is 2. The van der Waals surface area contributed by atoms with Crippen molar-refractivity contribution in [3.05, 3.63) is 58.8 Å². The van der Waals surface area contributed by atoms with Gasteiger partial charge in [0.25, 0.3) is 0 Å². The molecule has 0 spiro atoms. The summed E-state index contributed by atoms with van der Waals surface area (Å²) in [5.74, 6) is 0.409. The lowest BCUT2D eigenvalue weighted by atomic mass is 9.99. The monoisotopic (exact) mass is 358 g/mol. The Labute approximate surface area is 144 Å². The van der Waals surface area contributed by atoms with Gasteiger partial charge in [0.2, 0.25) is 10.0 Å². The molecule has 7 nitrogen and oxygen atoms in total. The fourth-order valence-corrected chi connectivity index (χ4v) is 4.90. The van der Waals surface area contributed by atoms with Gasteiger partial charge in [-0.1, -0.05) is 30.3 Å². The predicted octanol–water partition coefficient (Wildman–Crippen LogP) is 1.82. The molecule has 2 aromatic carbocycles. The van der Waals surface area contributed by atoms with Gasteiger partial charge in [-0.25, -0.2) is 18.3 Å². The summed E-state index contributed by atoms with van der Waals surface area (Å²) in [5.41, 5.74) is -0.371. The van der Waals surface area contributed by atoms with Crippen molar-refractivity contribution in [2.75, 3.05) is 13.1 Å². The highest BCUT2D eigenvalue weighted by Crippen LogP contribution is 2.29. The molecular formula is C17H18N4O3S. The molecule has 1 aromatic heterocycles. The van der Waals surface area contributed by atoms with Crippen molar-refractivity contribution in [2.24, 2.45) is 0 Å². The van der Waals surface area contributed by atoms with E-state index in [1.54, 1.807) is 12.1 Å². The molecule has 2 heterocycles. The molecule has 25 heavy (non-hydrogen) atoms. The Bertz CT molecular complexity index is 1070. The lowest BCUT2D eigenvalue weighted by Gasteiger charge is -2.30. The second-order valence-electron chi connectivity index (χ2n) is 6.27. The third-order valence-electron chi connectivity index (χ3n) is 4.65. The molecule has 0 amide bonds. The number of hydrogen-bond donors (Lipinski definition) is 2. The van der Waals surface area contributed by atoms with E-state index in [4.69, 9.17) is 0 Å². The van der Waals surface area contributed by atoms with Crippen molar-refractivity contribution >= 4 is 20.8 Å². The van der Waals surface area contributed by atoms with Gasteiger partial charge in [-0.2, -0.15) is 9.40 Å². The van der Waals surface area contributed by atoms with Crippen molar-refractivity contribution in [1.82, 2.24) is 19.5 Å². The topological polar surface area (TPSA) is 98.9 Å². The van der Waals surface area contributed by atoms with Crippen LogP contribution in [0.25, 0.3) is 10.8 Å². The molecule has 3 aromatic rings. The fourth-order valence-electron chi connectivity index (χ4n) is 3.34. The van der Waals surface area contributed by atoms with E-state index >= 15 is 0 Å². The summed E-state index contributed by atoms with van der Waals surface area (Å²) < 4.78 is 27.6. The maximum absolute atomic E-state index is 13.0. The van der Waals surface area contributed by atoms with Crippen LogP contribution in [-0.2, 0) is 10.0 Å². The van der Waals surface area contributed by atoms with Gasteiger partial charge in [-0.3, -0.25) is 4.98 Å². The zero-order chi connectivity index (χ0) is 17.4. The van der Waals surface area contributed by atoms with Crippen LogP contribution >= 0.6 is 0 Å². The summed E-state index contributed by atoms with van der Waals surface area (Å²) in [4.78, 5) is 14.2. The molecule has 0 saturated carbocycles.